The Labute approximate surface area is 184 Å². The molecule has 0 amide bonds. The molecule has 0 unspecified atom stereocenters. The van der Waals surface area contributed by atoms with Gasteiger partial charge < -0.3 is 26.6 Å². The molecule has 3 heterocycles. The average Bonchev–Trinajstić information content (AvgIpc) is 3.19. The zero-order valence-corrected chi connectivity index (χ0v) is 17.7. The zero-order chi connectivity index (χ0) is 22.2. The van der Waals surface area contributed by atoms with Crippen molar-refractivity contribution in [1.82, 2.24) is 24.4 Å². The minimum atomic E-state index is -0.293. The predicted octanol–water partition coefficient (Wildman–Crippen LogP) is 2.61. The highest BCUT2D eigenvalue weighted by Crippen LogP contribution is 2.27. The molecule has 0 atom stereocenters. The number of nitrogens with zero attached hydrogens (tertiary/aromatic N) is 6. The second-order valence-electron chi connectivity index (χ2n) is 7.90. The molecule has 1 aliphatic rings. The number of aromatic nitrogens is 4. The Morgan fingerprint density at radius 3 is 2.56 bits per heavy atom. The van der Waals surface area contributed by atoms with Crippen molar-refractivity contribution in [3.8, 4) is 5.69 Å². The molecule has 1 fully saturated rings. The molecule has 4 aromatic rings. The van der Waals surface area contributed by atoms with E-state index in [9.17, 15) is 4.39 Å². The summed E-state index contributed by atoms with van der Waals surface area (Å²) >= 11 is 0. The smallest absolute Gasteiger partial charge is 0.231 e. The van der Waals surface area contributed by atoms with Gasteiger partial charge in [0.05, 0.1) is 11.4 Å². The minimum absolute atomic E-state index is 0.231. The van der Waals surface area contributed by atoms with E-state index in [0.717, 1.165) is 31.9 Å². The first-order valence-electron chi connectivity index (χ1n) is 10.3. The Kier molecular flexibility index (Phi) is 4.98. The number of imidazole rings is 1. The molecule has 0 radical (unpaired) electrons. The van der Waals surface area contributed by atoms with E-state index >= 15 is 0 Å². The molecule has 32 heavy (non-hydrogen) atoms. The van der Waals surface area contributed by atoms with E-state index in [-0.39, 0.29) is 17.6 Å². The fraction of sp³-hybridized carbons (Fsp3) is 0.227. The lowest BCUT2D eigenvalue weighted by molar-refractivity contribution is 0.311. The van der Waals surface area contributed by atoms with Crippen molar-refractivity contribution < 1.29 is 4.39 Å². The van der Waals surface area contributed by atoms with Gasteiger partial charge in [-0.15, -0.1) is 0 Å². The molecule has 5 N–H and O–H groups in total. The number of fused-ring (bicyclic) bond motifs is 1. The number of likely N-dealkylation sites (N-methyl/N-ethyl adjacent to an activating group) is 1. The van der Waals surface area contributed by atoms with E-state index in [1.807, 2.05) is 24.3 Å². The topological polar surface area (TPSA) is 114 Å². The highest BCUT2D eigenvalue weighted by Gasteiger charge is 2.18. The van der Waals surface area contributed by atoms with Crippen LogP contribution in [0.5, 0.6) is 0 Å². The van der Waals surface area contributed by atoms with Crippen molar-refractivity contribution in [3.05, 3.63) is 54.6 Å². The van der Waals surface area contributed by atoms with Crippen molar-refractivity contribution in [1.29, 1.82) is 0 Å². The van der Waals surface area contributed by atoms with Crippen LogP contribution in [-0.2, 0) is 0 Å². The second-order valence-corrected chi connectivity index (χ2v) is 7.90. The number of benzene rings is 2. The molecule has 10 heteroatoms. The summed E-state index contributed by atoms with van der Waals surface area (Å²) < 4.78 is 16.6. The standard InChI is InChI=1S/C22H24FN9/c1-30-7-9-31(10-8-30)18-6-5-15(12-17(18)23)27-22-28-20(25)19-21(29-22)32(13-26-19)16-4-2-3-14(24)11-16/h2-6,11-13H,7-10,24H2,1H3,(H3,25,27,28,29). The van der Waals surface area contributed by atoms with Gasteiger partial charge >= 0.3 is 0 Å². The van der Waals surface area contributed by atoms with E-state index in [1.54, 1.807) is 23.0 Å². The number of nitrogen functional groups attached to an aromatic ring is 2. The van der Waals surface area contributed by atoms with Crippen LogP contribution < -0.4 is 21.7 Å². The fourth-order valence-corrected chi connectivity index (χ4v) is 3.86. The average molecular weight is 433 g/mol. The van der Waals surface area contributed by atoms with Crippen molar-refractivity contribution in [2.24, 2.45) is 0 Å². The normalized spacial score (nSPS) is 14.8. The van der Waals surface area contributed by atoms with Crippen LogP contribution in [0.3, 0.4) is 0 Å². The molecule has 0 bridgehead atoms. The SMILES string of the molecule is CN1CCN(c2ccc(Nc3nc(N)c4ncn(-c5cccc(N)c5)c4n3)cc2F)CC1. The number of hydrogen-bond donors (Lipinski definition) is 3. The van der Waals surface area contributed by atoms with E-state index in [4.69, 9.17) is 11.5 Å². The lowest BCUT2D eigenvalue weighted by Crippen LogP contribution is -2.44. The van der Waals surface area contributed by atoms with Crippen LogP contribution in [0.2, 0.25) is 0 Å². The number of nitrogens with two attached hydrogens (primary N) is 2. The van der Waals surface area contributed by atoms with Gasteiger partial charge in [-0.1, -0.05) is 6.07 Å². The summed E-state index contributed by atoms with van der Waals surface area (Å²) in [6.45, 7) is 3.41. The Bertz CT molecular complexity index is 1280. The molecule has 2 aromatic heterocycles. The summed E-state index contributed by atoms with van der Waals surface area (Å²) in [7, 11) is 2.07. The van der Waals surface area contributed by atoms with Crippen LogP contribution in [0.15, 0.2) is 48.8 Å². The Hall–Kier alpha value is -3.92. The third kappa shape index (κ3) is 3.76. The van der Waals surface area contributed by atoms with Gasteiger partial charge in [0, 0.05) is 37.6 Å². The molecule has 164 valence electrons. The lowest BCUT2D eigenvalue weighted by Gasteiger charge is -2.34. The molecular weight excluding hydrogens is 409 g/mol. The minimum Gasteiger partial charge on any atom is -0.399 e. The number of rotatable bonds is 4. The van der Waals surface area contributed by atoms with Gasteiger partial charge in [0.15, 0.2) is 17.0 Å². The van der Waals surface area contributed by atoms with Crippen molar-refractivity contribution in [2.75, 3.05) is 54.9 Å². The van der Waals surface area contributed by atoms with Gasteiger partial charge in [0.25, 0.3) is 0 Å². The molecule has 0 aliphatic carbocycles. The number of piperazine rings is 1. The molecule has 9 nitrogen and oxygen atoms in total. The van der Waals surface area contributed by atoms with E-state index in [1.165, 1.54) is 6.07 Å². The van der Waals surface area contributed by atoms with Gasteiger partial charge in [-0.05, 0) is 43.4 Å². The van der Waals surface area contributed by atoms with Crippen LogP contribution in [0.4, 0.5) is 33.2 Å². The van der Waals surface area contributed by atoms with Gasteiger partial charge in [0.1, 0.15) is 12.1 Å². The third-order valence-electron chi connectivity index (χ3n) is 5.62. The van der Waals surface area contributed by atoms with Crippen LogP contribution in [0.25, 0.3) is 16.9 Å². The maximum Gasteiger partial charge on any atom is 0.231 e. The second kappa shape index (κ2) is 7.97. The fourth-order valence-electron chi connectivity index (χ4n) is 3.86. The number of anilines is 5. The monoisotopic (exact) mass is 433 g/mol. The Balaban J connectivity index is 1.44. The summed E-state index contributed by atoms with van der Waals surface area (Å²) in [5, 5.41) is 3.06. The summed E-state index contributed by atoms with van der Waals surface area (Å²) in [5.41, 5.74) is 15.6. The molecule has 2 aromatic carbocycles. The molecule has 0 saturated carbocycles. The summed E-state index contributed by atoms with van der Waals surface area (Å²) in [6, 6.07) is 12.4. The van der Waals surface area contributed by atoms with Crippen LogP contribution in [-0.4, -0.2) is 57.6 Å². The number of halogens is 1. The molecule has 5 rings (SSSR count). The summed E-state index contributed by atoms with van der Waals surface area (Å²) in [5.74, 6) is 0.195. The van der Waals surface area contributed by atoms with Crippen LogP contribution in [0.1, 0.15) is 0 Å². The number of nitrogens with one attached hydrogen (secondary N) is 1. The highest BCUT2D eigenvalue weighted by molar-refractivity contribution is 5.84. The lowest BCUT2D eigenvalue weighted by atomic mass is 10.2. The van der Waals surface area contributed by atoms with E-state index < -0.39 is 0 Å². The summed E-state index contributed by atoms with van der Waals surface area (Å²) in [4.78, 5) is 17.5. The van der Waals surface area contributed by atoms with Crippen molar-refractivity contribution in [2.45, 2.75) is 0 Å². The maximum atomic E-state index is 14.9. The van der Waals surface area contributed by atoms with Gasteiger partial charge in [-0.2, -0.15) is 9.97 Å². The Morgan fingerprint density at radius 2 is 1.81 bits per heavy atom. The molecule has 0 spiro atoms. The predicted molar refractivity (Wildman–Crippen MR) is 125 cm³/mol. The zero-order valence-electron chi connectivity index (χ0n) is 17.7. The molecular formula is C22H24FN9. The van der Waals surface area contributed by atoms with Crippen molar-refractivity contribution in [3.63, 3.8) is 0 Å². The van der Waals surface area contributed by atoms with Gasteiger partial charge in [-0.3, -0.25) is 4.57 Å². The van der Waals surface area contributed by atoms with Gasteiger partial charge in [0.2, 0.25) is 5.95 Å². The van der Waals surface area contributed by atoms with Crippen LogP contribution in [0, 0.1) is 5.82 Å². The van der Waals surface area contributed by atoms with E-state index in [0.29, 0.717) is 28.2 Å². The highest BCUT2D eigenvalue weighted by atomic mass is 19.1. The van der Waals surface area contributed by atoms with E-state index in [2.05, 4.69) is 37.1 Å². The number of hydrogen-bond acceptors (Lipinski definition) is 8. The first-order chi connectivity index (χ1) is 15.5. The third-order valence-corrected chi connectivity index (χ3v) is 5.62. The van der Waals surface area contributed by atoms with Crippen molar-refractivity contribution >= 4 is 40.0 Å². The molecule has 1 aliphatic heterocycles. The quantitative estimate of drug-likeness (QED) is 0.421. The summed E-state index contributed by atoms with van der Waals surface area (Å²) in [6.07, 6.45) is 1.62. The first kappa shape index (κ1) is 20.0. The maximum absolute atomic E-state index is 14.9. The largest absolute Gasteiger partial charge is 0.399 e. The van der Waals surface area contributed by atoms with Gasteiger partial charge in [-0.25, -0.2) is 9.37 Å². The van der Waals surface area contributed by atoms with Crippen LogP contribution >= 0.6 is 0 Å². The first-order valence-corrected chi connectivity index (χ1v) is 10.3. The Morgan fingerprint density at radius 1 is 1.00 bits per heavy atom. The molecule has 1 saturated heterocycles.